The quantitative estimate of drug-likeness (QED) is 0.925. The zero-order chi connectivity index (χ0) is 15.5. The van der Waals surface area contributed by atoms with Crippen LogP contribution < -0.4 is 4.90 Å². The highest BCUT2D eigenvalue weighted by molar-refractivity contribution is 6.34. The van der Waals surface area contributed by atoms with E-state index in [2.05, 4.69) is 4.98 Å². The third-order valence-corrected chi connectivity index (χ3v) is 4.42. The monoisotopic (exact) mass is 307 g/mol. The maximum atomic E-state index is 11.7. The number of hydrogen-bond acceptors (Lipinski definition) is 4. The number of aromatic nitrogens is 1. The zero-order valence-corrected chi connectivity index (χ0v) is 12.7. The van der Waals surface area contributed by atoms with Crippen LogP contribution in [0.3, 0.4) is 0 Å². The molecule has 2 heterocycles. The SMILES string of the molecule is CCCC1(C(=O)O)CCCN(c2nccc(C#N)c2Cl)C1. The van der Waals surface area contributed by atoms with E-state index in [9.17, 15) is 9.90 Å². The molecule has 1 fully saturated rings. The molecule has 5 nitrogen and oxygen atoms in total. The van der Waals surface area contributed by atoms with Gasteiger partial charge in [0.25, 0.3) is 0 Å². The lowest BCUT2D eigenvalue weighted by molar-refractivity contribution is -0.150. The molecule has 0 spiro atoms. The van der Waals surface area contributed by atoms with Gasteiger partial charge in [-0.15, -0.1) is 0 Å². The van der Waals surface area contributed by atoms with Crippen molar-refractivity contribution in [3.05, 3.63) is 22.8 Å². The molecule has 1 aliphatic heterocycles. The van der Waals surface area contributed by atoms with Crippen LogP contribution in [0.25, 0.3) is 0 Å². The summed E-state index contributed by atoms with van der Waals surface area (Å²) in [5.41, 5.74) is -0.385. The van der Waals surface area contributed by atoms with Crippen molar-refractivity contribution in [3.63, 3.8) is 0 Å². The van der Waals surface area contributed by atoms with Crippen molar-refractivity contribution >= 4 is 23.4 Å². The average molecular weight is 308 g/mol. The van der Waals surface area contributed by atoms with E-state index < -0.39 is 11.4 Å². The molecule has 21 heavy (non-hydrogen) atoms. The summed E-state index contributed by atoms with van der Waals surface area (Å²) < 4.78 is 0. The molecule has 1 aliphatic rings. The minimum atomic E-state index is -0.762. The van der Waals surface area contributed by atoms with E-state index in [1.165, 1.54) is 6.20 Å². The molecule has 1 N–H and O–H groups in total. The largest absolute Gasteiger partial charge is 0.481 e. The van der Waals surface area contributed by atoms with E-state index in [0.29, 0.717) is 42.3 Å². The number of halogens is 1. The maximum Gasteiger partial charge on any atom is 0.311 e. The van der Waals surface area contributed by atoms with Gasteiger partial charge >= 0.3 is 5.97 Å². The van der Waals surface area contributed by atoms with Crippen LogP contribution in [0.2, 0.25) is 5.02 Å². The molecule has 1 aromatic heterocycles. The molecule has 1 atom stereocenters. The van der Waals surface area contributed by atoms with Crippen LogP contribution in [0.4, 0.5) is 5.82 Å². The summed E-state index contributed by atoms with van der Waals surface area (Å²) in [7, 11) is 0. The Morgan fingerprint density at radius 2 is 2.43 bits per heavy atom. The smallest absolute Gasteiger partial charge is 0.311 e. The molecule has 2 rings (SSSR count). The summed E-state index contributed by atoms with van der Waals surface area (Å²) in [4.78, 5) is 17.9. The number of aliphatic carboxylic acids is 1. The minimum absolute atomic E-state index is 0.303. The van der Waals surface area contributed by atoms with Gasteiger partial charge in [0.05, 0.1) is 11.0 Å². The summed E-state index contributed by atoms with van der Waals surface area (Å²) >= 11 is 6.22. The Balaban J connectivity index is 2.33. The number of rotatable bonds is 4. The lowest BCUT2D eigenvalue weighted by atomic mass is 9.76. The number of pyridine rings is 1. The van der Waals surface area contributed by atoms with Gasteiger partial charge in [0.2, 0.25) is 0 Å². The predicted octanol–water partition coefficient (Wildman–Crippen LogP) is 3.08. The van der Waals surface area contributed by atoms with Crippen molar-refractivity contribution in [2.75, 3.05) is 18.0 Å². The number of piperidine rings is 1. The summed E-state index contributed by atoms with van der Waals surface area (Å²) in [5, 5.41) is 19.0. The van der Waals surface area contributed by atoms with Crippen LogP contribution in [0.15, 0.2) is 12.3 Å². The molecule has 0 aromatic carbocycles. The van der Waals surface area contributed by atoms with Crippen LogP contribution in [0, 0.1) is 16.7 Å². The van der Waals surface area contributed by atoms with E-state index in [-0.39, 0.29) is 0 Å². The van der Waals surface area contributed by atoms with Gasteiger partial charge in [-0.05, 0) is 25.3 Å². The fourth-order valence-electron chi connectivity index (χ4n) is 3.02. The van der Waals surface area contributed by atoms with Gasteiger partial charge in [0.1, 0.15) is 16.9 Å². The first kappa shape index (κ1) is 15.6. The lowest BCUT2D eigenvalue weighted by Crippen LogP contribution is -2.48. The molecular weight excluding hydrogens is 290 g/mol. The molecule has 1 aromatic rings. The van der Waals surface area contributed by atoms with Crippen LogP contribution >= 0.6 is 11.6 Å². The van der Waals surface area contributed by atoms with Crippen LogP contribution in [0.5, 0.6) is 0 Å². The number of nitrogens with zero attached hydrogens (tertiary/aromatic N) is 3. The van der Waals surface area contributed by atoms with Gasteiger partial charge in [0.15, 0.2) is 0 Å². The molecule has 0 aliphatic carbocycles. The Morgan fingerprint density at radius 1 is 1.67 bits per heavy atom. The molecule has 0 radical (unpaired) electrons. The molecule has 0 amide bonds. The van der Waals surface area contributed by atoms with Crippen molar-refractivity contribution in [2.45, 2.75) is 32.6 Å². The van der Waals surface area contributed by atoms with Gasteiger partial charge in [-0.2, -0.15) is 5.26 Å². The number of carbonyl (C=O) groups is 1. The van der Waals surface area contributed by atoms with Crippen LogP contribution in [-0.4, -0.2) is 29.1 Å². The fraction of sp³-hybridized carbons (Fsp3) is 0.533. The number of hydrogen-bond donors (Lipinski definition) is 1. The summed E-state index contributed by atoms with van der Waals surface area (Å²) in [6.45, 7) is 3.09. The summed E-state index contributed by atoms with van der Waals surface area (Å²) in [6, 6.07) is 3.59. The van der Waals surface area contributed by atoms with E-state index in [0.717, 1.165) is 12.8 Å². The standard InChI is InChI=1S/C15H18ClN3O2/c1-2-5-15(14(20)21)6-3-8-19(10-15)13-12(16)11(9-17)4-7-18-13/h4,7H,2-3,5-6,8,10H2,1H3,(H,20,21). The highest BCUT2D eigenvalue weighted by Gasteiger charge is 2.42. The van der Waals surface area contributed by atoms with Gasteiger partial charge in [0, 0.05) is 19.3 Å². The maximum absolute atomic E-state index is 11.7. The summed E-state index contributed by atoms with van der Waals surface area (Å²) in [6.07, 6.45) is 4.44. The predicted molar refractivity (Wildman–Crippen MR) is 80.4 cm³/mol. The van der Waals surface area contributed by atoms with Crippen molar-refractivity contribution in [1.29, 1.82) is 5.26 Å². The van der Waals surface area contributed by atoms with E-state index in [1.807, 2.05) is 17.9 Å². The van der Waals surface area contributed by atoms with Crippen LogP contribution in [-0.2, 0) is 4.79 Å². The summed E-state index contributed by atoms with van der Waals surface area (Å²) in [5.74, 6) is -0.251. The Bertz CT molecular complexity index is 581. The lowest BCUT2D eigenvalue weighted by Gasteiger charge is -2.40. The number of carboxylic acids is 1. The Labute approximate surface area is 129 Å². The second-order valence-corrected chi connectivity index (χ2v) is 5.85. The molecule has 0 saturated carbocycles. The Hall–Kier alpha value is -1.80. The first-order chi connectivity index (χ1) is 10.0. The van der Waals surface area contributed by atoms with E-state index in [4.69, 9.17) is 16.9 Å². The molecule has 112 valence electrons. The molecule has 1 unspecified atom stereocenters. The van der Waals surface area contributed by atoms with Gasteiger partial charge in [-0.1, -0.05) is 24.9 Å². The fourth-order valence-corrected chi connectivity index (χ4v) is 3.29. The molecule has 1 saturated heterocycles. The van der Waals surface area contributed by atoms with Gasteiger partial charge in [-0.25, -0.2) is 4.98 Å². The molecular formula is C15H18ClN3O2. The van der Waals surface area contributed by atoms with Crippen molar-refractivity contribution in [3.8, 4) is 6.07 Å². The minimum Gasteiger partial charge on any atom is -0.481 e. The highest BCUT2D eigenvalue weighted by atomic mass is 35.5. The second kappa shape index (κ2) is 6.31. The van der Waals surface area contributed by atoms with Gasteiger partial charge in [-0.3, -0.25) is 4.79 Å². The van der Waals surface area contributed by atoms with Crippen LogP contribution in [0.1, 0.15) is 38.2 Å². The third kappa shape index (κ3) is 2.96. The normalized spacial score (nSPS) is 21.9. The highest BCUT2D eigenvalue weighted by Crippen LogP contribution is 2.38. The van der Waals surface area contributed by atoms with Gasteiger partial charge < -0.3 is 10.0 Å². The Morgan fingerprint density at radius 3 is 3.05 bits per heavy atom. The zero-order valence-electron chi connectivity index (χ0n) is 12.0. The topological polar surface area (TPSA) is 77.2 Å². The first-order valence-corrected chi connectivity index (χ1v) is 7.45. The number of anilines is 1. The van der Waals surface area contributed by atoms with Crippen molar-refractivity contribution < 1.29 is 9.90 Å². The van der Waals surface area contributed by atoms with Crippen molar-refractivity contribution in [1.82, 2.24) is 4.98 Å². The first-order valence-electron chi connectivity index (χ1n) is 7.07. The number of nitriles is 1. The molecule has 6 heteroatoms. The third-order valence-electron chi connectivity index (χ3n) is 4.05. The second-order valence-electron chi connectivity index (χ2n) is 5.47. The molecule has 0 bridgehead atoms. The Kier molecular flexibility index (Phi) is 4.69. The van der Waals surface area contributed by atoms with E-state index in [1.54, 1.807) is 6.07 Å². The van der Waals surface area contributed by atoms with Crippen molar-refractivity contribution in [2.24, 2.45) is 5.41 Å². The average Bonchev–Trinajstić information content (AvgIpc) is 2.48. The number of carboxylic acid groups (broad SMARTS) is 1. The van der Waals surface area contributed by atoms with E-state index >= 15 is 0 Å².